The fraction of sp³-hybridized carbons (Fsp3) is 0.600. The molecule has 1 aromatic rings. The lowest BCUT2D eigenvalue weighted by Crippen LogP contribution is -2.45. The Kier molecular flexibility index (Phi) is 9.71. The summed E-state index contributed by atoms with van der Waals surface area (Å²) in [4.78, 5) is 12.6. The third kappa shape index (κ3) is 6.97. The first-order valence-electron chi connectivity index (χ1n) is 7.54. The van der Waals surface area contributed by atoms with Crippen molar-refractivity contribution in [3.63, 3.8) is 0 Å². The molecule has 1 N–H and O–H groups in total. The van der Waals surface area contributed by atoms with Crippen LogP contribution in [-0.4, -0.2) is 42.2 Å². The average molecular weight is 404 g/mol. The van der Waals surface area contributed by atoms with Crippen molar-refractivity contribution in [1.29, 1.82) is 0 Å². The lowest BCUT2D eigenvalue weighted by molar-refractivity contribution is -0.385. The number of benzene rings is 1. The van der Waals surface area contributed by atoms with E-state index >= 15 is 0 Å². The summed E-state index contributed by atoms with van der Waals surface area (Å²) < 4.78 is 37.9. The third-order valence-corrected chi connectivity index (χ3v) is 4.11. The average Bonchev–Trinajstić information content (AvgIpc) is 2.48. The van der Waals surface area contributed by atoms with Gasteiger partial charge in [0, 0.05) is 50.3 Å². The van der Waals surface area contributed by atoms with E-state index in [2.05, 4.69) is 5.32 Å². The van der Waals surface area contributed by atoms with Crippen molar-refractivity contribution in [3.05, 3.63) is 39.4 Å². The molecule has 1 saturated heterocycles. The number of halogens is 5. The fourth-order valence-corrected chi connectivity index (χ4v) is 2.88. The van der Waals surface area contributed by atoms with Gasteiger partial charge in [0.05, 0.1) is 4.92 Å². The van der Waals surface area contributed by atoms with Crippen LogP contribution in [0, 0.1) is 17.0 Å². The number of hydrogen-bond donors (Lipinski definition) is 1. The maximum Gasteiger partial charge on any atom is 0.389 e. The van der Waals surface area contributed by atoms with Crippen molar-refractivity contribution >= 4 is 30.5 Å². The summed E-state index contributed by atoms with van der Waals surface area (Å²) in [6.45, 7) is 4.29. The van der Waals surface area contributed by atoms with E-state index in [-0.39, 0.29) is 36.9 Å². The number of nitro benzene ring substituents is 1. The SMILES string of the molecule is Cc1ccc([C@@H](CCC(F)(F)F)N2CCNCC2)cc1[N+](=O)[O-].Cl.Cl. The Balaban J connectivity index is 0.00000288. The van der Waals surface area contributed by atoms with Gasteiger partial charge in [0.15, 0.2) is 0 Å². The molecular weight excluding hydrogens is 382 g/mol. The number of nitrogens with one attached hydrogen (secondary N) is 1. The molecule has 144 valence electrons. The predicted molar refractivity (Wildman–Crippen MR) is 94.8 cm³/mol. The molecule has 5 nitrogen and oxygen atoms in total. The normalized spacial score (nSPS) is 16.5. The van der Waals surface area contributed by atoms with Crippen molar-refractivity contribution in [2.45, 2.75) is 32.0 Å². The van der Waals surface area contributed by atoms with Crippen LogP contribution in [0.4, 0.5) is 18.9 Å². The molecule has 0 aromatic heterocycles. The molecule has 1 atom stereocenters. The Bertz CT molecular complexity index is 567. The monoisotopic (exact) mass is 403 g/mol. The van der Waals surface area contributed by atoms with E-state index in [0.717, 1.165) is 0 Å². The highest BCUT2D eigenvalue weighted by molar-refractivity contribution is 5.85. The van der Waals surface area contributed by atoms with Crippen LogP contribution in [0.1, 0.15) is 30.0 Å². The van der Waals surface area contributed by atoms with E-state index in [4.69, 9.17) is 0 Å². The van der Waals surface area contributed by atoms with Crippen LogP contribution in [0.2, 0.25) is 0 Å². The van der Waals surface area contributed by atoms with E-state index in [1.807, 2.05) is 4.90 Å². The van der Waals surface area contributed by atoms with Crippen molar-refractivity contribution in [3.8, 4) is 0 Å². The number of nitrogens with zero attached hydrogens (tertiary/aromatic N) is 2. The second-order valence-electron chi connectivity index (χ2n) is 5.76. The van der Waals surface area contributed by atoms with Gasteiger partial charge in [-0.15, -0.1) is 24.8 Å². The summed E-state index contributed by atoms with van der Waals surface area (Å²) in [6, 6.07) is 4.26. The zero-order chi connectivity index (χ0) is 17.0. The highest BCUT2D eigenvalue weighted by atomic mass is 35.5. The predicted octanol–water partition coefficient (Wildman–Crippen LogP) is 4.04. The topological polar surface area (TPSA) is 58.4 Å². The summed E-state index contributed by atoms with van der Waals surface area (Å²) in [5.41, 5.74) is 1.04. The second kappa shape index (κ2) is 10.2. The minimum Gasteiger partial charge on any atom is -0.314 e. The maximum absolute atomic E-state index is 12.6. The first kappa shape index (κ1) is 23.9. The highest BCUT2D eigenvalue weighted by Gasteiger charge is 2.32. The summed E-state index contributed by atoms with van der Waals surface area (Å²) in [5, 5.41) is 14.3. The Morgan fingerprint density at radius 1 is 1.28 bits per heavy atom. The highest BCUT2D eigenvalue weighted by Crippen LogP contribution is 2.33. The summed E-state index contributed by atoms with van der Waals surface area (Å²) in [7, 11) is 0. The largest absolute Gasteiger partial charge is 0.389 e. The van der Waals surface area contributed by atoms with E-state index < -0.39 is 23.6 Å². The molecule has 1 heterocycles. The van der Waals surface area contributed by atoms with Gasteiger partial charge >= 0.3 is 6.18 Å². The second-order valence-corrected chi connectivity index (χ2v) is 5.76. The molecule has 0 spiro atoms. The number of rotatable bonds is 5. The molecule has 25 heavy (non-hydrogen) atoms. The number of nitro groups is 1. The molecule has 10 heteroatoms. The minimum atomic E-state index is -4.23. The van der Waals surface area contributed by atoms with Crippen molar-refractivity contribution in [1.82, 2.24) is 10.2 Å². The molecular formula is C15H22Cl2F3N3O2. The lowest BCUT2D eigenvalue weighted by atomic mass is 9.97. The molecule has 1 aromatic carbocycles. The van der Waals surface area contributed by atoms with Gasteiger partial charge in [-0.1, -0.05) is 12.1 Å². The molecule has 0 bridgehead atoms. The molecule has 0 aliphatic carbocycles. The van der Waals surface area contributed by atoms with Gasteiger partial charge < -0.3 is 5.32 Å². The first-order chi connectivity index (χ1) is 10.8. The molecule has 0 amide bonds. The Morgan fingerprint density at radius 2 is 1.88 bits per heavy atom. The molecule has 1 aliphatic heterocycles. The molecule has 2 rings (SSSR count). The number of piperazine rings is 1. The van der Waals surface area contributed by atoms with Crippen LogP contribution in [0.15, 0.2) is 18.2 Å². The Morgan fingerprint density at radius 3 is 2.40 bits per heavy atom. The standard InChI is InChI=1S/C15H20F3N3O2.2ClH/c1-11-2-3-12(10-14(11)21(22)23)13(4-5-15(16,17)18)20-8-6-19-7-9-20;;/h2-3,10,13,19H,4-9H2,1H3;2*1H/t13-;;/m1../s1. The lowest BCUT2D eigenvalue weighted by Gasteiger charge is -2.35. The summed E-state index contributed by atoms with van der Waals surface area (Å²) in [5.74, 6) is 0. The van der Waals surface area contributed by atoms with Crippen LogP contribution in [0.5, 0.6) is 0 Å². The molecule has 0 radical (unpaired) electrons. The van der Waals surface area contributed by atoms with Gasteiger partial charge in [-0.2, -0.15) is 13.2 Å². The van der Waals surface area contributed by atoms with Crippen LogP contribution in [0.25, 0.3) is 0 Å². The Labute approximate surface area is 156 Å². The van der Waals surface area contributed by atoms with Crippen molar-refractivity contribution < 1.29 is 18.1 Å². The van der Waals surface area contributed by atoms with Gasteiger partial charge in [-0.25, -0.2) is 0 Å². The van der Waals surface area contributed by atoms with Crippen LogP contribution >= 0.6 is 24.8 Å². The third-order valence-electron chi connectivity index (χ3n) is 4.11. The molecule has 0 saturated carbocycles. The summed E-state index contributed by atoms with van der Waals surface area (Å²) in [6.07, 6.45) is -5.23. The first-order valence-corrected chi connectivity index (χ1v) is 7.54. The van der Waals surface area contributed by atoms with Crippen LogP contribution in [-0.2, 0) is 0 Å². The van der Waals surface area contributed by atoms with E-state index in [1.165, 1.54) is 6.07 Å². The number of hydrogen-bond acceptors (Lipinski definition) is 4. The van der Waals surface area contributed by atoms with E-state index in [0.29, 0.717) is 37.3 Å². The quantitative estimate of drug-likeness (QED) is 0.595. The smallest absolute Gasteiger partial charge is 0.314 e. The van der Waals surface area contributed by atoms with Crippen LogP contribution < -0.4 is 5.32 Å². The number of aryl methyl sites for hydroxylation is 1. The zero-order valence-corrected chi connectivity index (χ0v) is 15.3. The zero-order valence-electron chi connectivity index (χ0n) is 13.7. The van der Waals surface area contributed by atoms with E-state index in [1.54, 1.807) is 19.1 Å². The molecule has 0 unspecified atom stereocenters. The van der Waals surface area contributed by atoms with Gasteiger partial charge in [0.25, 0.3) is 5.69 Å². The maximum atomic E-state index is 12.6. The van der Waals surface area contributed by atoms with Gasteiger partial charge in [0.2, 0.25) is 0 Å². The number of alkyl halides is 3. The molecule has 1 fully saturated rings. The van der Waals surface area contributed by atoms with Crippen LogP contribution in [0.3, 0.4) is 0 Å². The van der Waals surface area contributed by atoms with Gasteiger partial charge in [-0.3, -0.25) is 15.0 Å². The minimum absolute atomic E-state index is 0. The molecule has 1 aliphatic rings. The van der Waals surface area contributed by atoms with Gasteiger partial charge in [0.1, 0.15) is 0 Å². The Hall–Kier alpha value is -1.09. The fourth-order valence-electron chi connectivity index (χ4n) is 2.88. The van der Waals surface area contributed by atoms with Crippen molar-refractivity contribution in [2.24, 2.45) is 0 Å². The van der Waals surface area contributed by atoms with Crippen molar-refractivity contribution in [2.75, 3.05) is 26.2 Å². The van der Waals surface area contributed by atoms with E-state index in [9.17, 15) is 23.3 Å². The summed E-state index contributed by atoms with van der Waals surface area (Å²) >= 11 is 0. The van der Waals surface area contributed by atoms with Gasteiger partial charge in [-0.05, 0) is 18.9 Å².